The summed E-state index contributed by atoms with van der Waals surface area (Å²) in [5.74, 6) is 0.992. The highest BCUT2D eigenvalue weighted by Gasteiger charge is 2.08. The molecule has 0 radical (unpaired) electrons. The molecule has 62 valence electrons. The van der Waals surface area contributed by atoms with Crippen LogP contribution >= 0.6 is 0 Å². The van der Waals surface area contributed by atoms with Gasteiger partial charge in [0.2, 0.25) is 0 Å². The monoisotopic (exact) mass is 161 g/mol. The smallest absolute Gasteiger partial charge is 0.152 e. The van der Waals surface area contributed by atoms with Gasteiger partial charge >= 0.3 is 0 Å². The highest BCUT2D eigenvalue weighted by molar-refractivity contribution is 5.77. The van der Waals surface area contributed by atoms with E-state index < -0.39 is 0 Å². The summed E-state index contributed by atoms with van der Waals surface area (Å²) >= 11 is 0. The summed E-state index contributed by atoms with van der Waals surface area (Å²) in [5, 5.41) is 0. The fourth-order valence-electron chi connectivity index (χ4n) is 1.51. The van der Waals surface area contributed by atoms with Gasteiger partial charge in [0.25, 0.3) is 0 Å². The van der Waals surface area contributed by atoms with Gasteiger partial charge in [-0.3, -0.25) is 4.98 Å². The molecule has 12 heavy (non-hydrogen) atoms. The number of aryl methyl sites for hydroxylation is 2. The first-order valence-electron chi connectivity index (χ1n) is 4.16. The maximum absolute atomic E-state index is 5.53. The van der Waals surface area contributed by atoms with Crippen molar-refractivity contribution in [3.05, 3.63) is 29.7 Å². The minimum atomic E-state index is 0.895. The molecule has 0 aromatic carbocycles. The summed E-state index contributed by atoms with van der Waals surface area (Å²) in [6, 6.07) is 3.85. The Balaban J connectivity index is 2.81. The summed E-state index contributed by atoms with van der Waals surface area (Å²) in [6.07, 6.45) is 2.78. The molecule has 0 amide bonds. The van der Waals surface area contributed by atoms with Gasteiger partial charge in [0.15, 0.2) is 5.58 Å². The van der Waals surface area contributed by atoms with Crippen LogP contribution in [0.15, 0.2) is 22.7 Å². The van der Waals surface area contributed by atoms with Gasteiger partial charge in [-0.1, -0.05) is 6.92 Å². The van der Waals surface area contributed by atoms with Crippen molar-refractivity contribution in [1.29, 1.82) is 0 Å². The number of aromatic nitrogens is 1. The number of hydrogen-bond donors (Lipinski definition) is 0. The van der Waals surface area contributed by atoms with E-state index in [2.05, 4.69) is 11.9 Å². The Hall–Kier alpha value is -1.31. The van der Waals surface area contributed by atoms with E-state index in [1.165, 1.54) is 5.56 Å². The Morgan fingerprint density at radius 2 is 2.33 bits per heavy atom. The Morgan fingerprint density at radius 3 is 3.08 bits per heavy atom. The van der Waals surface area contributed by atoms with Crippen molar-refractivity contribution >= 4 is 11.1 Å². The zero-order valence-electron chi connectivity index (χ0n) is 7.29. The summed E-state index contributed by atoms with van der Waals surface area (Å²) in [6.45, 7) is 4.10. The van der Waals surface area contributed by atoms with E-state index in [0.717, 1.165) is 23.3 Å². The Kier molecular flexibility index (Phi) is 1.61. The minimum Gasteiger partial charge on any atom is -0.459 e. The second-order valence-electron chi connectivity index (χ2n) is 2.84. The van der Waals surface area contributed by atoms with Gasteiger partial charge in [0.1, 0.15) is 11.3 Å². The van der Waals surface area contributed by atoms with Gasteiger partial charge in [0.05, 0.1) is 0 Å². The molecule has 0 N–H and O–H groups in total. The van der Waals surface area contributed by atoms with E-state index in [0.29, 0.717) is 0 Å². The van der Waals surface area contributed by atoms with Gasteiger partial charge < -0.3 is 4.42 Å². The van der Waals surface area contributed by atoms with Crippen LogP contribution in [0.5, 0.6) is 0 Å². The first kappa shape index (κ1) is 7.35. The molecule has 2 heterocycles. The molecule has 0 aliphatic carbocycles. The first-order valence-corrected chi connectivity index (χ1v) is 4.16. The Labute approximate surface area is 71.2 Å². The minimum absolute atomic E-state index is 0.895. The molecule has 2 aromatic rings. The summed E-state index contributed by atoms with van der Waals surface area (Å²) in [7, 11) is 0. The fourth-order valence-corrected chi connectivity index (χ4v) is 1.51. The normalized spacial score (nSPS) is 10.8. The molecular weight excluding hydrogens is 150 g/mol. The predicted octanol–water partition coefficient (Wildman–Crippen LogP) is 2.70. The van der Waals surface area contributed by atoms with Gasteiger partial charge in [-0.05, 0) is 25.5 Å². The van der Waals surface area contributed by atoms with Crippen LogP contribution in [0, 0.1) is 6.92 Å². The number of hydrogen-bond acceptors (Lipinski definition) is 2. The third-order valence-electron chi connectivity index (χ3n) is 2.10. The van der Waals surface area contributed by atoms with Gasteiger partial charge in [0, 0.05) is 11.8 Å². The SMILES string of the molecule is CCc1c(C)oc2cccnc12. The highest BCUT2D eigenvalue weighted by Crippen LogP contribution is 2.22. The van der Waals surface area contributed by atoms with Crippen molar-refractivity contribution in [1.82, 2.24) is 4.98 Å². The van der Waals surface area contributed by atoms with Crippen LogP contribution in [0.1, 0.15) is 18.2 Å². The third kappa shape index (κ3) is 0.916. The molecule has 0 saturated heterocycles. The lowest BCUT2D eigenvalue weighted by atomic mass is 10.2. The van der Waals surface area contributed by atoms with E-state index in [4.69, 9.17) is 4.42 Å². The van der Waals surface area contributed by atoms with Crippen molar-refractivity contribution < 1.29 is 4.42 Å². The molecule has 0 aliphatic rings. The maximum Gasteiger partial charge on any atom is 0.152 e. The van der Waals surface area contributed by atoms with E-state index >= 15 is 0 Å². The van der Waals surface area contributed by atoms with Crippen LogP contribution in [0.25, 0.3) is 11.1 Å². The molecule has 0 bridgehead atoms. The van der Waals surface area contributed by atoms with Crippen molar-refractivity contribution in [3.63, 3.8) is 0 Å². The average molecular weight is 161 g/mol. The van der Waals surface area contributed by atoms with Crippen LogP contribution < -0.4 is 0 Å². The lowest BCUT2D eigenvalue weighted by Crippen LogP contribution is -1.81. The lowest BCUT2D eigenvalue weighted by Gasteiger charge is -1.90. The fraction of sp³-hybridized carbons (Fsp3) is 0.300. The zero-order chi connectivity index (χ0) is 8.55. The molecule has 0 aliphatic heterocycles. The van der Waals surface area contributed by atoms with Crippen LogP contribution in [0.2, 0.25) is 0 Å². The maximum atomic E-state index is 5.53. The van der Waals surface area contributed by atoms with E-state index in [9.17, 15) is 0 Å². The van der Waals surface area contributed by atoms with Crippen LogP contribution in [-0.2, 0) is 6.42 Å². The second-order valence-corrected chi connectivity index (χ2v) is 2.84. The standard InChI is InChI=1S/C10H11NO/c1-3-8-7(2)12-9-5-4-6-11-10(8)9/h4-6H,3H2,1-2H3. The van der Waals surface area contributed by atoms with E-state index in [1.807, 2.05) is 19.1 Å². The molecule has 0 atom stereocenters. The molecule has 0 saturated carbocycles. The van der Waals surface area contributed by atoms with Crippen LogP contribution in [0.3, 0.4) is 0 Å². The van der Waals surface area contributed by atoms with Crippen molar-refractivity contribution in [2.75, 3.05) is 0 Å². The number of furan rings is 1. The molecule has 2 nitrogen and oxygen atoms in total. The topological polar surface area (TPSA) is 26.0 Å². The van der Waals surface area contributed by atoms with Crippen LogP contribution in [0.4, 0.5) is 0 Å². The van der Waals surface area contributed by atoms with Crippen molar-refractivity contribution in [3.8, 4) is 0 Å². The number of pyridine rings is 1. The molecular formula is C10H11NO. The van der Waals surface area contributed by atoms with Gasteiger partial charge in [-0.2, -0.15) is 0 Å². The molecule has 2 rings (SSSR count). The largest absolute Gasteiger partial charge is 0.459 e. The predicted molar refractivity (Wildman–Crippen MR) is 48.1 cm³/mol. The highest BCUT2D eigenvalue weighted by atomic mass is 16.3. The second kappa shape index (κ2) is 2.63. The molecule has 0 unspecified atom stereocenters. The number of fused-ring (bicyclic) bond motifs is 1. The third-order valence-corrected chi connectivity index (χ3v) is 2.10. The zero-order valence-corrected chi connectivity index (χ0v) is 7.29. The van der Waals surface area contributed by atoms with E-state index in [-0.39, 0.29) is 0 Å². The Bertz CT molecular complexity index is 403. The summed E-state index contributed by atoms with van der Waals surface area (Å²) < 4.78 is 5.53. The van der Waals surface area contributed by atoms with Gasteiger partial charge in [-0.25, -0.2) is 0 Å². The first-order chi connectivity index (χ1) is 5.83. The number of nitrogens with zero attached hydrogens (tertiary/aromatic N) is 1. The average Bonchev–Trinajstić information content (AvgIpc) is 2.40. The number of rotatable bonds is 1. The van der Waals surface area contributed by atoms with Crippen LogP contribution in [-0.4, -0.2) is 4.98 Å². The van der Waals surface area contributed by atoms with Crippen molar-refractivity contribution in [2.24, 2.45) is 0 Å². The molecule has 0 fully saturated rings. The van der Waals surface area contributed by atoms with E-state index in [1.54, 1.807) is 6.20 Å². The van der Waals surface area contributed by atoms with Gasteiger partial charge in [-0.15, -0.1) is 0 Å². The summed E-state index contributed by atoms with van der Waals surface area (Å²) in [4.78, 5) is 4.28. The molecule has 2 aromatic heterocycles. The Morgan fingerprint density at radius 1 is 1.50 bits per heavy atom. The summed E-state index contributed by atoms with van der Waals surface area (Å²) in [5.41, 5.74) is 3.13. The quantitative estimate of drug-likeness (QED) is 0.642. The van der Waals surface area contributed by atoms with Crippen molar-refractivity contribution in [2.45, 2.75) is 20.3 Å². The molecule has 2 heteroatoms. The lowest BCUT2D eigenvalue weighted by molar-refractivity contribution is 0.572. The molecule has 0 spiro atoms.